The van der Waals surface area contributed by atoms with Gasteiger partial charge < -0.3 is 0 Å². The Morgan fingerprint density at radius 3 is 2.67 bits per heavy atom. The van der Waals surface area contributed by atoms with Crippen LogP contribution in [0.25, 0.3) is 0 Å². The molecule has 3 N–H and O–H groups in total. The summed E-state index contributed by atoms with van der Waals surface area (Å²) in [6.45, 7) is 2.08. The second kappa shape index (κ2) is 6.04. The van der Waals surface area contributed by atoms with Crippen molar-refractivity contribution in [1.29, 1.82) is 0 Å². The van der Waals surface area contributed by atoms with Crippen LogP contribution in [-0.2, 0) is 6.42 Å². The van der Waals surface area contributed by atoms with Gasteiger partial charge in [-0.2, -0.15) is 0 Å². The molecule has 18 heavy (non-hydrogen) atoms. The zero-order valence-corrected chi connectivity index (χ0v) is 12.2. The van der Waals surface area contributed by atoms with Crippen LogP contribution in [0.2, 0.25) is 10.0 Å². The van der Waals surface area contributed by atoms with Crippen LogP contribution < -0.4 is 11.3 Å². The quantitative estimate of drug-likeness (QED) is 0.659. The summed E-state index contributed by atoms with van der Waals surface area (Å²) in [5.74, 6) is 5.65. The topological polar surface area (TPSA) is 38.0 Å². The van der Waals surface area contributed by atoms with Crippen molar-refractivity contribution in [2.75, 3.05) is 0 Å². The molecule has 2 nitrogen and oxygen atoms in total. The van der Waals surface area contributed by atoms with Crippen molar-refractivity contribution in [3.8, 4) is 0 Å². The van der Waals surface area contributed by atoms with Crippen LogP contribution in [0.3, 0.4) is 0 Å². The molecule has 5 heteroatoms. The third-order valence-corrected chi connectivity index (χ3v) is 4.58. The van der Waals surface area contributed by atoms with Gasteiger partial charge >= 0.3 is 0 Å². The number of rotatable bonds is 4. The summed E-state index contributed by atoms with van der Waals surface area (Å²) in [5.41, 5.74) is 5.14. The van der Waals surface area contributed by atoms with E-state index in [0.717, 1.165) is 12.0 Å². The number of thiophene rings is 1. The van der Waals surface area contributed by atoms with E-state index in [9.17, 15) is 0 Å². The highest BCUT2D eigenvalue weighted by atomic mass is 35.5. The van der Waals surface area contributed by atoms with Gasteiger partial charge in [-0.25, -0.2) is 0 Å². The van der Waals surface area contributed by atoms with Crippen LogP contribution in [-0.4, -0.2) is 0 Å². The molecule has 1 unspecified atom stereocenters. The molecule has 0 radical (unpaired) electrons. The lowest BCUT2D eigenvalue weighted by atomic mass is 10.0. The molecule has 2 rings (SSSR count). The summed E-state index contributed by atoms with van der Waals surface area (Å²) >= 11 is 13.8. The van der Waals surface area contributed by atoms with Crippen LogP contribution in [0.15, 0.2) is 29.6 Å². The van der Waals surface area contributed by atoms with Crippen molar-refractivity contribution < 1.29 is 0 Å². The van der Waals surface area contributed by atoms with E-state index in [0.29, 0.717) is 10.0 Å². The van der Waals surface area contributed by atoms with Gasteiger partial charge in [-0.3, -0.25) is 11.3 Å². The molecular weight excluding hydrogens is 287 g/mol. The first-order valence-electron chi connectivity index (χ1n) is 5.56. The van der Waals surface area contributed by atoms with Gasteiger partial charge in [0.2, 0.25) is 0 Å². The summed E-state index contributed by atoms with van der Waals surface area (Å²) in [7, 11) is 0. The maximum atomic E-state index is 6.18. The Bertz CT molecular complexity index is 540. The van der Waals surface area contributed by atoms with Gasteiger partial charge in [-0.15, -0.1) is 11.3 Å². The molecule has 0 spiro atoms. The van der Waals surface area contributed by atoms with Crippen molar-refractivity contribution in [3.05, 3.63) is 55.7 Å². The summed E-state index contributed by atoms with van der Waals surface area (Å²) in [4.78, 5) is 1.24. The molecule has 0 saturated carbocycles. The molecule has 0 fully saturated rings. The second-order valence-corrected chi connectivity index (χ2v) is 5.92. The molecule has 1 heterocycles. The number of halogens is 2. The lowest BCUT2D eigenvalue weighted by Crippen LogP contribution is -2.29. The fourth-order valence-corrected chi connectivity index (χ4v) is 3.35. The maximum Gasteiger partial charge on any atom is 0.0596 e. The summed E-state index contributed by atoms with van der Waals surface area (Å²) in [6, 6.07) is 7.71. The molecule has 0 aliphatic carbocycles. The van der Waals surface area contributed by atoms with E-state index < -0.39 is 0 Å². The van der Waals surface area contributed by atoms with Crippen LogP contribution in [0.1, 0.15) is 22.0 Å². The van der Waals surface area contributed by atoms with E-state index >= 15 is 0 Å². The molecule has 0 bridgehead atoms. The van der Waals surface area contributed by atoms with Gasteiger partial charge in [-0.05, 0) is 48.1 Å². The SMILES string of the molecule is Cc1ccsc1C(Cc1ccc(Cl)cc1Cl)NN. The van der Waals surface area contributed by atoms with Crippen molar-refractivity contribution in [2.24, 2.45) is 5.84 Å². The first-order chi connectivity index (χ1) is 8.61. The Morgan fingerprint density at radius 1 is 1.33 bits per heavy atom. The van der Waals surface area contributed by atoms with Gasteiger partial charge in [-0.1, -0.05) is 29.3 Å². The van der Waals surface area contributed by atoms with E-state index in [4.69, 9.17) is 29.0 Å². The predicted molar refractivity (Wildman–Crippen MR) is 79.3 cm³/mol. The summed E-state index contributed by atoms with van der Waals surface area (Å²) in [6.07, 6.45) is 0.744. The van der Waals surface area contributed by atoms with Crippen LogP contribution >= 0.6 is 34.5 Å². The largest absolute Gasteiger partial charge is 0.271 e. The fourth-order valence-electron chi connectivity index (χ4n) is 1.88. The van der Waals surface area contributed by atoms with E-state index in [-0.39, 0.29) is 6.04 Å². The summed E-state index contributed by atoms with van der Waals surface area (Å²) < 4.78 is 0. The Balaban J connectivity index is 2.23. The fraction of sp³-hybridized carbons (Fsp3) is 0.231. The van der Waals surface area contributed by atoms with E-state index in [2.05, 4.69) is 23.8 Å². The first-order valence-corrected chi connectivity index (χ1v) is 7.19. The monoisotopic (exact) mass is 300 g/mol. The number of nitrogens with two attached hydrogens (primary N) is 1. The Kier molecular flexibility index (Phi) is 4.65. The summed E-state index contributed by atoms with van der Waals surface area (Å²) in [5, 5.41) is 3.39. The van der Waals surface area contributed by atoms with Gasteiger partial charge in [0.15, 0.2) is 0 Å². The molecule has 1 atom stereocenters. The minimum Gasteiger partial charge on any atom is -0.271 e. The molecular formula is C13H14Cl2N2S. The highest BCUT2D eigenvalue weighted by Gasteiger charge is 2.15. The van der Waals surface area contributed by atoms with Crippen molar-refractivity contribution in [1.82, 2.24) is 5.43 Å². The minimum atomic E-state index is 0.0728. The average Bonchev–Trinajstić information content (AvgIpc) is 2.75. The smallest absolute Gasteiger partial charge is 0.0596 e. The molecule has 0 aliphatic rings. The molecule has 1 aromatic carbocycles. The van der Waals surface area contributed by atoms with Gasteiger partial charge in [0.1, 0.15) is 0 Å². The van der Waals surface area contributed by atoms with Crippen molar-refractivity contribution >= 4 is 34.5 Å². The van der Waals surface area contributed by atoms with E-state index in [1.807, 2.05) is 12.1 Å². The zero-order valence-electron chi connectivity index (χ0n) is 9.91. The molecule has 1 aromatic heterocycles. The van der Waals surface area contributed by atoms with E-state index in [1.54, 1.807) is 17.4 Å². The van der Waals surface area contributed by atoms with Gasteiger partial charge in [0.05, 0.1) is 6.04 Å². The number of nitrogens with one attached hydrogen (secondary N) is 1. The molecule has 96 valence electrons. The van der Waals surface area contributed by atoms with Crippen molar-refractivity contribution in [2.45, 2.75) is 19.4 Å². The second-order valence-electron chi connectivity index (χ2n) is 4.13. The van der Waals surface area contributed by atoms with Crippen LogP contribution in [0.5, 0.6) is 0 Å². The van der Waals surface area contributed by atoms with E-state index in [1.165, 1.54) is 10.4 Å². The normalized spacial score (nSPS) is 12.7. The molecule has 0 saturated heterocycles. The van der Waals surface area contributed by atoms with Gasteiger partial charge in [0, 0.05) is 14.9 Å². The lowest BCUT2D eigenvalue weighted by molar-refractivity contribution is 0.558. The Labute approximate surface area is 121 Å². The molecule has 2 aromatic rings. The Hall–Kier alpha value is -0.580. The number of benzene rings is 1. The van der Waals surface area contributed by atoms with Crippen LogP contribution in [0, 0.1) is 6.92 Å². The number of hydrogen-bond donors (Lipinski definition) is 2. The number of hydrogen-bond acceptors (Lipinski definition) is 3. The number of hydrazine groups is 1. The third-order valence-electron chi connectivity index (χ3n) is 2.86. The predicted octanol–water partition coefficient (Wildman–Crippen LogP) is 4.11. The highest BCUT2D eigenvalue weighted by Crippen LogP contribution is 2.29. The highest BCUT2D eigenvalue weighted by molar-refractivity contribution is 7.10. The van der Waals surface area contributed by atoms with Gasteiger partial charge in [0.25, 0.3) is 0 Å². The zero-order chi connectivity index (χ0) is 13.1. The van der Waals surface area contributed by atoms with Crippen LogP contribution in [0.4, 0.5) is 0 Å². The Morgan fingerprint density at radius 2 is 2.11 bits per heavy atom. The lowest BCUT2D eigenvalue weighted by Gasteiger charge is -2.16. The average molecular weight is 301 g/mol. The standard InChI is InChI=1S/C13H14Cl2N2S/c1-8-4-5-18-13(8)12(17-16)6-9-2-3-10(14)7-11(9)15/h2-5,7,12,17H,6,16H2,1H3. The van der Waals surface area contributed by atoms with Crippen molar-refractivity contribution in [3.63, 3.8) is 0 Å². The first kappa shape index (κ1) is 13.8. The minimum absolute atomic E-state index is 0.0728. The maximum absolute atomic E-state index is 6.18. The molecule has 0 amide bonds. The number of aryl methyl sites for hydroxylation is 1. The third kappa shape index (κ3) is 3.05. The molecule has 0 aliphatic heterocycles.